The van der Waals surface area contributed by atoms with Crippen LogP contribution >= 0.6 is 0 Å². The quantitative estimate of drug-likeness (QED) is 0.238. The Bertz CT molecular complexity index is 1380. The Morgan fingerprint density at radius 1 is 1.27 bits per heavy atom. The molecule has 2 heterocycles. The number of nitrogens with two attached hydrogens (primary N) is 1. The second kappa shape index (κ2) is 11.9. The van der Waals surface area contributed by atoms with Crippen LogP contribution in [0.4, 0.5) is 4.79 Å². The number of rotatable bonds is 8. The molecule has 37 heavy (non-hydrogen) atoms. The highest BCUT2D eigenvalue weighted by atomic mass is 16.6. The maximum atomic E-state index is 12.8. The van der Waals surface area contributed by atoms with Gasteiger partial charge >= 0.3 is 12.1 Å². The van der Waals surface area contributed by atoms with Gasteiger partial charge in [-0.15, -0.1) is 0 Å². The number of amides is 1. The van der Waals surface area contributed by atoms with E-state index < -0.39 is 23.7 Å². The lowest BCUT2D eigenvalue weighted by Gasteiger charge is -2.22. The van der Waals surface area contributed by atoms with Crippen LogP contribution in [0.2, 0.25) is 0 Å². The summed E-state index contributed by atoms with van der Waals surface area (Å²) < 4.78 is 9.99. The Hall–Kier alpha value is -4.54. The van der Waals surface area contributed by atoms with E-state index in [1.54, 1.807) is 57.4 Å². The predicted octanol–water partition coefficient (Wildman–Crippen LogP) is 2.35. The van der Waals surface area contributed by atoms with Crippen molar-refractivity contribution in [1.29, 1.82) is 0 Å². The highest BCUT2D eigenvalue weighted by molar-refractivity contribution is 5.97. The molecular weight excluding hydrogens is 476 g/mol. The number of carbonyl (C=O) groups excluding carboxylic acids is 2. The number of amidine groups is 1. The van der Waals surface area contributed by atoms with Crippen molar-refractivity contribution in [2.24, 2.45) is 10.7 Å². The summed E-state index contributed by atoms with van der Waals surface area (Å²) in [5, 5.41) is 2.84. The number of methoxy groups -OCH3 is 1. The number of aromatic nitrogens is 3. The molecule has 1 atom stereocenters. The van der Waals surface area contributed by atoms with E-state index in [4.69, 9.17) is 15.2 Å². The third-order valence-electron chi connectivity index (χ3n) is 4.99. The van der Waals surface area contributed by atoms with Gasteiger partial charge in [-0.05, 0) is 50.6 Å². The predicted molar refractivity (Wildman–Crippen MR) is 140 cm³/mol. The van der Waals surface area contributed by atoms with Gasteiger partial charge in [0.25, 0.3) is 5.56 Å². The van der Waals surface area contributed by atoms with Gasteiger partial charge < -0.3 is 25.5 Å². The summed E-state index contributed by atoms with van der Waals surface area (Å²) in [5.41, 5.74) is 6.80. The van der Waals surface area contributed by atoms with E-state index in [2.05, 4.69) is 25.3 Å². The molecule has 0 saturated carbocycles. The van der Waals surface area contributed by atoms with Crippen LogP contribution in [0, 0.1) is 0 Å². The first-order valence-electron chi connectivity index (χ1n) is 11.5. The van der Waals surface area contributed by atoms with E-state index in [9.17, 15) is 14.4 Å². The molecule has 0 fully saturated rings. The van der Waals surface area contributed by atoms with Crippen LogP contribution in [-0.4, -0.2) is 58.1 Å². The number of aliphatic imine (C=N–C) groups is 1. The van der Waals surface area contributed by atoms with Crippen LogP contribution in [0.25, 0.3) is 17.0 Å². The van der Waals surface area contributed by atoms with Gasteiger partial charge in [-0.3, -0.25) is 14.8 Å². The lowest BCUT2D eigenvalue weighted by molar-refractivity contribution is -0.143. The van der Waals surface area contributed by atoms with Gasteiger partial charge in [0.15, 0.2) is 0 Å². The average molecular weight is 507 g/mol. The molecule has 0 saturated heterocycles. The number of pyridine rings is 1. The number of carbonyl (C=O) groups is 2. The molecule has 0 spiro atoms. The second-order valence-corrected chi connectivity index (χ2v) is 9.09. The zero-order valence-electron chi connectivity index (χ0n) is 21.1. The standard InChI is InChI=1S/C26H30N6O5/c1-26(2,3)37-25(35)31-20(24(34)36-4)14-21-30-19-10-9-16(13-18(19)23(33)32-21)7-5-12-29-22(27)17-8-6-11-28-15-17/h5-11,13,15,20H,12,14H2,1-4H3,(H2,27,29)(H,31,35)(H,30,32,33)/b7-5+/t20-/m0/s1. The van der Waals surface area contributed by atoms with Gasteiger partial charge in [-0.1, -0.05) is 18.2 Å². The number of nitrogens with zero attached hydrogens (tertiary/aromatic N) is 3. The van der Waals surface area contributed by atoms with E-state index in [0.29, 0.717) is 23.3 Å². The third-order valence-corrected chi connectivity index (χ3v) is 4.99. The maximum absolute atomic E-state index is 12.8. The first kappa shape index (κ1) is 27.1. The first-order chi connectivity index (χ1) is 17.6. The Labute approximate surface area is 213 Å². The maximum Gasteiger partial charge on any atom is 0.408 e. The minimum absolute atomic E-state index is 0.0882. The van der Waals surface area contributed by atoms with Gasteiger partial charge in [0.05, 0.1) is 24.6 Å². The molecule has 1 amide bonds. The third kappa shape index (κ3) is 7.99. The number of nitrogens with one attached hydrogen (secondary N) is 2. The summed E-state index contributed by atoms with van der Waals surface area (Å²) in [5.74, 6) is -0.0933. The normalized spacial score (nSPS) is 12.9. The number of ether oxygens (including phenoxy) is 2. The summed E-state index contributed by atoms with van der Waals surface area (Å²) in [6, 6.07) is 7.73. The van der Waals surface area contributed by atoms with E-state index in [0.717, 1.165) is 11.1 Å². The molecular formula is C26H30N6O5. The first-order valence-corrected chi connectivity index (χ1v) is 11.5. The highest BCUT2D eigenvalue weighted by Gasteiger charge is 2.26. The monoisotopic (exact) mass is 506 g/mol. The minimum atomic E-state index is -1.10. The van der Waals surface area contributed by atoms with Crippen molar-refractivity contribution in [3.05, 3.63) is 76.1 Å². The molecule has 3 aromatic rings. The average Bonchev–Trinajstić information content (AvgIpc) is 2.85. The van der Waals surface area contributed by atoms with Crippen molar-refractivity contribution in [1.82, 2.24) is 20.3 Å². The Balaban J connectivity index is 1.73. The number of hydrogen-bond donors (Lipinski definition) is 3. The molecule has 0 aliphatic carbocycles. The second-order valence-electron chi connectivity index (χ2n) is 9.09. The molecule has 4 N–H and O–H groups in total. The Morgan fingerprint density at radius 2 is 2.05 bits per heavy atom. The number of alkyl carbamates (subject to hydrolysis) is 1. The largest absolute Gasteiger partial charge is 0.467 e. The SMILES string of the molecule is COC(=O)[C@H](Cc1nc2ccc(/C=C/CN=C(N)c3cccnc3)cc2c(=O)[nH]1)NC(=O)OC(C)(C)C. The number of H-pyrrole nitrogens is 1. The van der Waals surface area contributed by atoms with Gasteiger partial charge in [-0.25, -0.2) is 14.6 Å². The van der Waals surface area contributed by atoms with Crippen molar-refractivity contribution in [2.75, 3.05) is 13.7 Å². The van der Waals surface area contributed by atoms with Crippen LogP contribution in [0.1, 0.15) is 37.7 Å². The zero-order chi connectivity index (χ0) is 27.0. The van der Waals surface area contributed by atoms with Gasteiger partial charge in [0, 0.05) is 24.4 Å². The van der Waals surface area contributed by atoms with Crippen molar-refractivity contribution in [2.45, 2.75) is 38.8 Å². The van der Waals surface area contributed by atoms with Crippen LogP contribution in [0.15, 0.2) is 58.6 Å². The zero-order valence-corrected chi connectivity index (χ0v) is 21.1. The Kier molecular flexibility index (Phi) is 8.72. The molecule has 194 valence electrons. The van der Waals surface area contributed by atoms with E-state index in [1.165, 1.54) is 7.11 Å². The molecule has 0 aliphatic heterocycles. The molecule has 3 rings (SSSR count). The van der Waals surface area contributed by atoms with Crippen LogP contribution in [0.3, 0.4) is 0 Å². The fourth-order valence-electron chi connectivity index (χ4n) is 3.33. The van der Waals surface area contributed by atoms with Gasteiger partial charge in [0.2, 0.25) is 0 Å². The topological polar surface area (TPSA) is 162 Å². The van der Waals surface area contributed by atoms with E-state index in [-0.39, 0.29) is 17.8 Å². The number of benzene rings is 1. The van der Waals surface area contributed by atoms with E-state index >= 15 is 0 Å². The van der Waals surface area contributed by atoms with E-state index in [1.807, 2.05) is 18.2 Å². The minimum Gasteiger partial charge on any atom is -0.467 e. The molecule has 1 aromatic carbocycles. The van der Waals surface area contributed by atoms with Crippen LogP contribution < -0.4 is 16.6 Å². The molecule has 0 bridgehead atoms. The fraction of sp³-hybridized carbons (Fsp3) is 0.308. The summed E-state index contributed by atoms with van der Waals surface area (Å²) in [7, 11) is 1.20. The summed E-state index contributed by atoms with van der Waals surface area (Å²) >= 11 is 0. The highest BCUT2D eigenvalue weighted by Crippen LogP contribution is 2.13. The van der Waals surface area contributed by atoms with Crippen LogP contribution in [-0.2, 0) is 20.7 Å². The number of esters is 1. The van der Waals surface area contributed by atoms with Crippen molar-refractivity contribution in [3.8, 4) is 0 Å². The molecule has 11 nitrogen and oxygen atoms in total. The molecule has 2 aromatic heterocycles. The summed E-state index contributed by atoms with van der Waals surface area (Å²) in [6.45, 7) is 5.47. The Morgan fingerprint density at radius 3 is 2.73 bits per heavy atom. The molecule has 0 radical (unpaired) electrons. The molecule has 11 heteroatoms. The van der Waals surface area contributed by atoms with Crippen molar-refractivity contribution in [3.63, 3.8) is 0 Å². The smallest absolute Gasteiger partial charge is 0.408 e. The fourth-order valence-corrected chi connectivity index (χ4v) is 3.33. The molecule has 0 aliphatic rings. The number of hydrogen-bond acceptors (Lipinski definition) is 8. The summed E-state index contributed by atoms with van der Waals surface area (Å²) in [4.78, 5) is 52.6. The van der Waals surface area contributed by atoms with Gasteiger partial charge in [0.1, 0.15) is 23.3 Å². The van der Waals surface area contributed by atoms with Gasteiger partial charge in [-0.2, -0.15) is 0 Å². The number of aromatic amines is 1. The van der Waals surface area contributed by atoms with Crippen molar-refractivity contribution >= 4 is 34.9 Å². The number of fused-ring (bicyclic) bond motifs is 1. The summed E-state index contributed by atoms with van der Waals surface area (Å²) in [6.07, 6.45) is 6.08. The lowest BCUT2D eigenvalue weighted by Crippen LogP contribution is -2.45. The lowest BCUT2D eigenvalue weighted by atomic mass is 10.1. The van der Waals surface area contributed by atoms with Crippen LogP contribution in [0.5, 0.6) is 0 Å². The molecule has 0 unspecified atom stereocenters. The van der Waals surface area contributed by atoms with Crippen molar-refractivity contribution < 1.29 is 19.1 Å².